The highest BCUT2D eigenvalue weighted by atomic mass is 16.5. The maximum Gasteiger partial charge on any atom is 0.120 e. The van der Waals surface area contributed by atoms with Crippen LogP contribution in [0.1, 0.15) is 32.3 Å². The molecule has 3 N–H and O–H groups in total. The minimum atomic E-state index is -0.345. The standard InChI is InChI=1S/C15H25NO3/c1-4-11(5-2)15(18)10-16-9-12-8-13(19-3)6-7-14(12)17/h6-8,11,15-18H,4-5,9-10H2,1-3H3. The first-order chi connectivity index (χ1) is 9.12. The van der Waals surface area contributed by atoms with Crippen molar-refractivity contribution in [1.82, 2.24) is 5.32 Å². The summed E-state index contributed by atoms with van der Waals surface area (Å²) in [6, 6.07) is 5.14. The van der Waals surface area contributed by atoms with Crippen molar-refractivity contribution in [1.29, 1.82) is 0 Å². The van der Waals surface area contributed by atoms with Gasteiger partial charge in [-0.1, -0.05) is 26.7 Å². The van der Waals surface area contributed by atoms with Gasteiger partial charge in [-0.05, 0) is 24.1 Å². The van der Waals surface area contributed by atoms with E-state index >= 15 is 0 Å². The number of aliphatic hydroxyl groups excluding tert-OH is 1. The van der Waals surface area contributed by atoms with Crippen LogP contribution in [0.5, 0.6) is 11.5 Å². The van der Waals surface area contributed by atoms with Gasteiger partial charge in [0.05, 0.1) is 13.2 Å². The predicted octanol–water partition coefficient (Wildman–Crippen LogP) is 2.29. The molecule has 0 aromatic heterocycles. The Bertz CT molecular complexity index is 378. The number of phenols is 1. The number of rotatable bonds is 8. The molecule has 0 fully saturated rings. The van der Waals surface area contributed by atoms with Crippen LogP contribution < -0.4 is 10.1 Å². The number of methoxy groups -OCH3 is 1. The quantitative estimate of drug-likeness (QED) is 0.676. The minimum Gasteiger partial charge on any atom is -0.508 e. The van der Waals surface area contributed by atoms with Crippen LogP contribution in [-0.4, -0.2) is 30.0 Å². The summed E-state index contributed by atoms with van der Waals surface area (Å²) in [5, 5.41) is 22.9. The molecule has 1 atom stereocenters. The molecule has 0 bridgehead atoms. The first-order valence-corrected chi connectivity index (χ1v) is 6.87. The van der Waals surface area contributed by atoms with Crippen molar-refractivity contribution in [3.63, 3.8) is 0 Å². The van der Waals surface area contributed by atoms with Crippen molar-refractivity contribution in [3.05, 3.63) is 23.8 Å². The predicted molar refractivity (Wildman–Crippen MR) is 76.4 cm³/mol. The van der Waals surface area contributed by atoms with Crippen molar-refractivity contribution in [2.45, 2.75) is 39.3 Å². The van der Waals surface area contributed by atoms with E-state index in [1.807, 2.05) is 0 Å². The molecular formula is C15H25NO3. The van der Waals surface area contributed by atoms with Crippen LogP contribution in [0.15, 0.2) is 18.2 Å². The molecule has 1 rings (SSSR count). The lowest BCUT2D eigenvalue weighted by Gasteiger charge is -2.20. The molecule has 1 unspecified atom stereocenters. The van der Waals surface area contributed by atoms with Gasteiger partial charge in [-0.2, -0.15) is 0 Å². The summed E-state index contributed by atoms with van der Waals surface area (Å²) < 4.78 is 5.12. The van der Waals surface area contributed by atoms with E-state index in [0.717, 1.165) is 24.2 Å². The summed E-state index contributed by atoms with van der Waals surface area (Å²) in [6.45, 7) is 5.22. The lowest BCUT2D eigenvalue weighted by Crippen LogP contribution is -2.32. The second-order valence-electron chi connectivity index (χ2n) is 4.77. The molecule has 1 aromatic carbocycles. The zero-order chi connectivity index (χ0) is 14.3. The van der Waals surface area contributed by atoms with E-state index in [0.29, 0.717) is 19.0 Å². The second kappa shape index (κ2) is 8.02. The van der Waals surface area contributed by atoms with Crippen molar-refractivity contribution in [2.75, 3.05) is 13.7 Å². The van der Waals surface area contributed by atoms with Crippen LogP contribution in [0.4, 0.5) is 0 Å². The van der Waals surface area contributed by atoms with E-state index in [1.54, 1.807) is 25.3 Å². The van der Waals surface area contributed by atoms with Crippen LogP contribution in [0.25, 0.3) is 0 Å². The number of benzene rings is 1. The highest BCUT2D eigenvalue weighted by Gasteiger charge is 2.14. The van der Waals surface area contributed by atoms with Crippen LogP contribution in [0, 0.1) is 5.92 Å². The zero-order valence-corrected chi connectivity index (χ0v) is 12.0. The third-order valence-electron chi connectivity index (χ3n) is 3.55. The Hall–Kier alpha value is -1.26. The van der Waals surface area contributed by atoms with Crippen molar-refractivity contribution in [3.8, 4) is 11.5 Å². The molecule has 19 heavy (non-hydrogen) atoms. The topological polar surface area (TPSA) is 61.7 Å². The van der Waals surface area contributed by atoms with Gasteiger partial charge < -0.3 is 20.3 Å². The maximum atomic E-state index is 10.0. The van der Waals surface area contributed by atoms with Crippen molar-refractivity contribution >= 4 is 0 Å². The Labute approximate surface area is 115 Å². The molecule has 4 nitrogen and oxygen atoms in total. The molecule has 108 valence electrons. The lowest BCUT2D eigenvalue weighted by molar-refractivity contribution is 0.101. The number of aliphatic hydroxyl groups is 1. The second-order valence-corrected chi connectivity index (χ2v) is 4.77. The SMILES string of the molecule is CCC(CC)C(O)CNCc1cc(OC)ccc1O. The van der Waals surface area contributed by atoms with E-state index in [4.69, 9.17) is 4.74 Å². The number of phenolic OH excluding ortho intramolecular Hbond substituents is 1. The van der Waals surface area contributed by atoms with Crippen LogP contribution in [0.3, 0.4) is 0 Å². The Morgan fingerprint density at radius 3 is 2.53 bits per heavy atom. The van der Waals surface area contributed by atoms with Gasteiger partial charge in [0.1, 0.15) is 11.5 Å². The fraction of sp³-hybridized carbons (Fsp3) is 0.600. The molecule has 0 spiro atoms. The first-order valence-electron chi connectivity index (χ1n) is 6.87. The largest absolute Gasteiger partial charge is 0.508 e. The Morgan fingerprint density at radius 1 is 1.26 bits per heavy atom. The molecule has 1 aromatic rings. The van der Waals surface area contributed by atoms with Gasteiger partial charge in [-0.25, -0.2) is 0 Å². The molecule has 0 aliphatic carbocycles. The third kappa shape index (κ3) is 4.73. The zero-order valence-electron chi connectivity index (χ0n) is 12.0. The van der Waals surface area contributed by atoms with E-state index < -0.39 is 0 Å². The van der Waals surface area contributed by atoms with Gasteiger partial charge in [0.2, 0.25) is 0 Å². The molecule has 0 saturated heterocycles. The molecule has 0 saturated carbocycles. The number of hydrogen-bond acceptors (Lipinski definition) is 4. The summed E-state index contributed by atoms with van der Waals surface area (Å²) in [5.41, 5.74) is 0.774. The summed E-state index contributed by atoms with van der Waals surface area (Å²) >= 11 is 0. The smallest absolute Gasteiger partial charge is 0.120 e. The summed E-state index contributed by atoms with van der Waals surface area (Å²) in [5.74, 6) is 1.28. The number of aromatic hydroxyl groups is 1. The average molecular weight is 267 g/mol. The van der Waals surface area contributed by atoms with Gasteiger partial charge in [0.25, 0.3) is 0 Å². The normalized spacial score (nSPS) is 12.7. The monoisotopic (exact) mass is 267 g/mol. The van der Waals surface area contributed by atoms with Gasteiger partial charge in [0.15, 0.2) is 0 Å². The Morgan fingerprint density at radius 2 is 1.95 bits per heavy atom. The minimum absolute atomic E-state index is 0.241. The summed E-state index contributed by atoms with van der Waals surface area (Å²) in [4.78, 5) is 0. The van der Waals surface area contributed by atoms with Gasteiger partial charge >= 0.3 is 0 Å². The first kappa shape index (κ1) is 15.8. The fourth-order valence-corrected chi connectivity index (χ4v) is 2.18. The van der Waals surface area contributed by atoms with E-state index in [1.165, 1.54) is 0 Å². The molecule has 4 heteroatoms. The van der Waals surface area contributed by atoms with Crippen LogP contribution >= 0.6 is 0 Å². The Kier molecular flexibility index (Phi) is 6.67. The summed E-state index contributed by atoms with van der Waals surface area (Å²) in [7, 11) is 1.60. The van der Waals surface area contributed by atoms with E-state index in [9.17, 15) is 10.2 Å². The van der Waals surface area contributed by atoms with Gasteiger partial charge in [0, 0.05) is 18.7 Å². The van der Waals surface area contributed by atoms with Crippen molar-refractivity contribution < 1.29 is 14.9 Å². The van der Waals surface area contributed by atoms with E-state index in [2.05, 4.69) is 19.2 Å². The van der Waals surface area contributed by atoms with E-state index in [-0.39, 0.29) is 11.9 Å². The molecule has 0 amide bonds. The van der Waals surface area contributed by atoms with Gasteiger partial charge in [-0.3, -0.25) is 0 Å². The van der Waals surface area contributed by atoms with Crippen molar-refractivity contribution in [2.24, 2.45) is 5.92 Å². The molecule has 0 aliphatic rings. The molecule has 0 aliphatic heterocycles. The number of ether oxygens (including phenoxy) is 1. The maximum absolute atomic E-state index is 10.0. The fourth-order valence-electron chi connectivity index (χ4n) is 2.18. The molecule has 0 heterocycles. The highest BCUT2D eigenvalue weighted by Crippen LogP contribution is 2.22. The third-order valence-corrected chi connectivity index (χ3v) is 3.55. The average Bonchev–Trinajstić information content (AvgIpc) is 2.42. The molecule has 0 radical (unpaired) electrons. The van der Waals surface area contributed by atoms with Crippen LogP contribution in [-0.2, 0) is 6.54 Å². The molecular weight excluding hydrogens is 242 g/mol. The summed E-state index contributed by atoms with van der Waals surface area (Å²) in [6.07, 6.45) is 1.61. The number of nitrogens with one attached hydrogen (secondary N) is 1. The lowest BCUT2D eigenvalue weighted by atomic mass is 9.96. The highest BCUT2D eigenvalue weighted by molar-refractivity contribution is 5.39. The number of hydrogen-bond donors (Lipinski definition) is 3. The Balaban J connectivity index is 2.48. The van der Waals surface area contributed by atoms with Gasteiger partial charge in [-0.15, -0.1) is 0 Å². The van der Waals surface area contributed by atoms with Crippen LogP contribution in [0.2, 0.25) is 0 Å².